The van der Waals surface area contributed by atoms with Gasteiger partial charge >= 0.3 is 0 Å². The standard InChI is InChI=1S/C50H86N2O32/c1-4-18-38-26(59)33(66)46(71-18)80-40-22(12-54)75-48(34(67)28(40)61)82-42-24(14-56)77-50(36(69)30(42)63)84-43-25(15-57)78-49(37(70)31(43)64)83-41-23(13-55)76-47(35(68)29(41)62)81-39-21(11-53)74-45(32(65)27(39)60)72-19-9-17(58)44(79-38)73-20(19)10-51-5-7-52(8-6-51)16(2)3/h16-50,53-70H,4-15H2,1-3H3. The summed E-state index contributed by atoms with van der Waals surface area (Å²) >= 11 is 0. The summed E-state index contributed by atoms with van der Waals surface area (Å²) in [6.07, 6.45) is -61.8. The van der Waals surface area contributed by atoms with Crippen LogP contribution >= 0.6 is 0 Å². The first-order valence-electron chi connectivity index (χ1n) is 28.6. The van der Waals surface area contributed by atoms with Crippen molar-refractivity contribution in [2.75, 3.05) is 65.8 Å². The average Bonchev–Trinajstić information content (AvgIpc) is 3.41. The van der Waals surface area contributed by atoms with Gasteiger partial charge in [-0.25, -0.2) is 0 Å². The first-order chi connectivity index (χ1) is 40.0. The molecule has 34 unspecified atom stereocenters. The molecule has 0 amide bonds. The average molecular weight is 1230 g/mol. The van der Waals surface area contributed by atoms with Gasteiger partial charge in [0.05, 0.1) is 51.3 Å². The maximum atomic E-state index is 11.7. The molecule has 14 bridgehead atoms. The molecule has 22 heterocycles. The Balaban J connectivity index is 1.00. The molecule has 0 aliphatic carbocycles. The number of aliphatic hydroxyl groups excluding tert-OH is 18. The van der Waals surface area contributed by atoms with Crippen LogP contribution in [0.5, 0.6) is 0 Å². The van der Waals surface area contributed by atoms with Crippen LogP contribution in [0, 0.1) is 0 Å². The first-order valence-corrected chi connectivity index (χ1v) is 28.6. The highest BCUT2D eigenvalue weighted by Crippen LogP contribution is 2.39. The maximum absolute atomic E-state index is 11.7. The summed E-state index contributed by atoms with van der Waals surface area (Å²) in [6, 6.07) is 0.253. The lowest BCUT2D eigenvalue weighted by Crippen LogP contribution is -2.68. The van der Waals surface area contributed by atoms with Crippen molar-refractivity contribution in [2.24, 2.45) is 0 Å². The van der Waals surface area contributed by atoms with E-state index in [4.69, 9.17) is 66.3 Å². The molecule has 0 saturated carbocycles. The van der Waals surface area contributed by atoms with Gasteiger partial charge < -0.3 is 158 Å². The number of ether oxygens (including phenoxy) is 14. The van der Waals surface area contributed by atoms with Crippen LogP contribution in [-0.2, 0) is 66.3 Å². The Morgan fingerprint density at radius 2 is 0.583 bits per heavy atom. The minimum Gasteiger partial charge on any atom is -0.394 e. The zero-order valence-electron chi connectivity index (χ0n) is 46.4. The number of hydrogen-bond donors (Lipinski definition) is 18. The summed E-state index contributed by atoms with van der Waals surface area (Å²) in [5, 5.41) is 202. The van der Waals surface area contributed by atoms with E-state index in [1.165, 1.54) is 0 Å². The van der Waals surface area contributed by atoms with Gasteiger partial charge in [-0.3, -0.25) is 9.80 Å². The smallest absolute Gasteiger partial charge is 0.187 e. The molecule has 34 heteroatoms. The van der Waals surface area contributed by atoms with E-state index < -0.39 is 242 Å². The summed E-state index contributed by atoms with van der Waals surface area (Å²) in [5.74, 6) is 0. The predicted molar refractivity (Wildman–Crippen MR) is 266 cm³/mol. The lowest BCUT2D eigenvalue weighted by Gasteiger charge is -2.50. The fraction of sp³-hybridized carbons (Fsp3) is 1.00. The van der Waals surface area contributed by atoms with Crippen molar-refractivity contribution in [2.45, 2.75) is 248 Å². The molecular formula is C50H86N2O32. The zero-order valence-corrected chi connectivity index (χ0v) is 46.4. The normalized spacial score (nSPS) is 52.5. The van der Waals surface area contributed by atoms with E-state index in [2.05, 4.69) is 23.6 Å². The predicted octanol–water partition coefficient (Wildman–Crippen LogP) is -11.8. The molecule has 22 rings (SSSR count). The van der Waals surface area contributed by atoms with Crippen LogP contribution in [0.3, 0.4) is 0 Å². The number of hydrogen-bond acceptors (Lipinski definition) is 34. The van der Waals surface area contributed by atoms with Gasteiger partial charge in [-0.2, -0.15) is 0 Å². The highest BCUT2D eigenvalue weighted by Gasteiger charge is 2.59. The number of piperazine rings is 1. The molecule has 22 aliphatic rings. The molecule has 22 saturated heterocycles. The zero-order chi connectivity index (χ0) is 60.7. The Hall–Kier alpha value is -1.36. The molecule has 22 fully saturated rings. The van der Waals surface area contributed by atoms with Crippen molar-refractivity contribution in [1.82, 2.24) is 9.80 Å². The third kappa shape index (κ3) is 13.8. The molecule has 0 aromatic heterocycles. The van der Waals surface area contributed by atoms with E-state index >= 15 is 0 Å². The van der Waals surface area contributed by atoms with E-state index in [0.717, 1.165) is 0 Å². The highest BCUT2D eigenvalue weighted by atomic mass is 16.8. The van der Waals surface area contributed by atoms with Crippen LogP contribution in [-0.4, -0.2) is 382 Å². The van der Waals surface area contributed by atoms with Crippen molar-refractivity contribution < 1.29 is 158 Å². The van der Waals surface area contributed by atoms with Crippen molar-refractivity contribution in [1.29, 1.82) is 0 Å². The third-order valence-electron chi connectivity index (χ3n) is 17.3. The van der Waals surface area contributed by atoms with Crippen molar-refractivity contribution in [3.63, 3.8) is 0 Å². The Morgan fingerprint density at radius 1 is 0.321 bits per heavy atom. The third-order valence-corrected chi connectivity index (χ3v) is 17.3. The second kappa shape index (κ2) is 28.9. The minimum absolute atomic E-state index is 0.0619. The lowest BCUT2D eigenvalue weighted by atomic mass is 9.95. The molecule has 84 heavy (non-hydrogen) atoms. The van der Waals surface area contributed by atoms with Gasteiger partial charge in [0.25, 0.3) is 0 Å². The fourth-order valence-corrected chi connectivity index (χ4v) is 12.3. The van der Waals surface area contributed by atoms with Gasteiger partial charge in [0.1, 0.15) is 146 Å². The summed E-state index contributed by atoms with van der Waals surface area (Å²) < 4.78 is 83.3. The summed E-state index contributed by atoms with van der Waals surface area (Å²) in [4.78, 5) is 4.33. The van der Waals surface area contributed by atoms with E-state index in [1.807, 2.05) is 0 Å². The number of aliphatic hydroxyl groups is 18. The van der Waals surface area contributed by atoms with Crippen molar-refractivity contribution in [3.8, 4) is 0 Å². The Morgan fingerprint density at radius 3 is 0.869 bits per heavy atom. The second-order valence-corrected chi connectivity index (χ2v) is 23.0. The highest BCUT2D eigenvalue weighted by molar-refractivity contribution is 5.01. The quantitative estimate of drug-likeness (QED) is 0.102. The molecule has 0 aromatic rings. The Kier molecular flexibility index (Phi) is 23.0. The van der Waals surface area contributed by atoms with E-state index in [9.17, 15) is 91.9 Å². The monoisotopic (exact) mass is 1230 g/mol. The Bertz CT molecular complexity index is 2010. The number of rotatable bonds is 9. The molecule has 0 radical (unpaired) electrons. The number of nitrogens with zero attached hydrogens (tertiary/aromatic N) is 2. The molecule has 0 spiro atoms. The van der Waals surface area contributed by atoms with Crippen molar-refractivity contribution in [3.05, 3.63) is 0 Å². The fourth-order valence-electron chi connectivity index (χ4n) is 12.3. The molecule has 22 aliphatic heterocycles. The summed E-state index contributed by atoms with van der Waals surface area (Å²) in [7, 11) is 0. The van der Waals surface area contributed by atoms with Gasteiger partial charge in [0, 0.05) is 45.2 Å². The van der Waals surface area contributed by atoms with Crippen LogP contribution in [0.2, 0.25) is 0 Å². The van der Waals surface area contributed by atoms with Crippen LogP contribution in [0.15, 0.2) is 0 Å². The topological polar surface area (TPSA) is 500 Å². The van der Waals surface area contributed by atoms with E-state index in [1.54, 1.807) is 6.92 Å². The van der Waals surface area contributed by atoms with Gasteiger partial charge in [-0.15, -0.1) is 0 Å². The largest absolute Gasteiger partial charge is 0.394 e. The first kappa shape index (κ1) is 67.0. The van der Waals surface area contributed by atoms with Crippen LogP contribution in [0.1, 0.15) is 33.6 Å². The molecule has 0 aromatic carbocycles. The van der Waals surface area contributed by atoms with Crippen LogP contribution < -0.4 is 0 Å². The van der Waals surface area contributed by atoms with Gasteiger partial charge in [-0.1, -0.05) is 6.92 Å². The van der Waals surface area contributed by atoms with Gasteiger partial charge in [0.2, 0.25) is 0 Å². The lowest BCUT2D eigenvalue weighted by molar-refractivity contribution is -0.396. The molecule has 34 nitrogen and oxygen atoms in total. The van der Waals surface area contributed by atoms with Crippen molar-refractivity contribution >= 4 is 0 Å². The van der Waals surface area contributed by atoms with Gasteiger partial charge in [0.15, 0.2) is 44.0 Å². The van der Waals surface area contributed by atoms with E-state index in [0.29, 0.717) is 26.2 Å². The van der Waals surface area contributed by atoms with Crippen LogP contribution in [0.4, 0.5) is 0 Å². The van der Waals surface area contributed by atoms with E-state index in [-0.39, 0.29) is 25.4 Å². The second-order valence-electron chi connectivity index (χ2n) is 23.0. The molecule has 34 atom stereocenters. The summed E-state index contributed by atoms with van der Waals surface area (Å²) in [6.45, 7) is 3.51. The van der Waals surface area contributed by atoms with Crippen LogP contribution in [0.25, 0.3) is 0 Å². The minimum atomic E-state index is -2.17. The molecular weight excluding hydrogens is 1140 g/mol. The van der Waals surface area contributed by atoms with Gasteiger partial charge in [-0.05, 0) is 20.3 Å². The molecule has 488 valence electrons. The molecule has 18 N–H and O–H groups in total. The summed E-state index contributed by atoms with van der Waals surface area (Å²) in [5.41, 5.74) is 0. The SMILES string of the molecule is CCC1OC2OC3C(CO)OC(OC4C(CO)OC(OC5C(CO)OC(OC6C(CO)OC(OC7C(CO)OC(OC8CC(O)C(OC8CN8CCN(C(C)C)CC8)OC1C(O)C2O)C(O)C7O)C(O)C6O)C(O)C5O)C(O)C4O)C(O)C3O. The maximum Gasteiger partial charge on any atom is 0.187 e. The Labute approximate surface area is 481 Å².